The minimum absolute atomic E-state index is 0.253. The Morgan fingerprint density at radius 1 is 1.20 bits per heavy atom. The van der Waals surface area contributed by atoms with Crippen molar-refractivity contribution in [2.24, 2.45) is 27.8 Å². The van der Waals surface area contributed by atoms with Crippen LogP contribution >= 0.6 is 27.3 Å². The summed E-state index contributed by atoms with van der Waals surface area (Å²) in [5.74, 6) is 2.00. The standard InChI is InChI=1S/C20H22BrN3S/c1-13(2)23-20-24(22-11-17-10-14-3-4-16(17)9-14)19(12-25-20)15-5-7-18(21)8-6-15/h3-8,11-14,16-17H,9-10H2,1-2H3. The monoisotopic (exact) mass is 415 g/mol. The molecule has 25 heavy (non-hydrogen) atoms. The van der Waals surface area contributed by atoms with E-state index in [1.165, 1.54) is 12.8 Å². The molecule has 3 nitrogen and oxygen atoms in total. The second kappa shape index (κ2) is 7.04. The molecule has 0 saturated heterocycles. The summed E-state index contributed by atoms with van der Waals surface area (Å²) in [6.45, 7) is 4.21. The third-order valence-electron chi connectivity index (χ3n) is 4.90. The van der Waals surface area contributed by atoms with Crippen molar-refractivity contribution in [3.63, 3.8) is 0 Å². The smallest absolute Gasteiger partial charge is 0.206 e. The highest BCUT2D eigenvalue weighted by Crippen LogP contribution is 2.42. The molecule has 4 rings (SSSR count). The van der Waals surface area contributed by atoms with Crippen LogP contribution in [0.4, 0.5) is 0 Å². The Balaban J connectivity index is 1.72. The SMILES string of the molecule is CC(C)N=c1scc(-c2ccc(Br)cc2)n1N=CC1CC2C=CC1C2. The first-order valence-corrected chi connectivity index (χ1v) is 10.5. The number of nitrogens with zero attached hydrogens (tertiary/aromatic N) is 3. The number of allylic oxidation sites excluding steroid dienone is 2. The highest BCUT2D eigenvalue weighted by atomic mass is 79.9. The Bertz CT molecular complexity index is 873. The minimum Gasteiger partial charge on any atom is -0.255 e. The summed E-state index contributed by atoms with van der Waals surface area (Å²) in [6, 6.07) is 8.64. The molecule has 0 spiro atoms. The molecule has 2 aliphatic rings. The van der Waals surface area contributed by atoms with Crippen molar-refractivity contribution in [1.82, 2.24) is 4.68 Å². The Labute approximate surface area is 160 Å². The van der Waals surface area contributed by atoms with Crippen LogP contribution < -0.4 is 4.80 Å². The van der Waals surface area contributed by atoms with Crippen molar-refractivity contribution < 1.29 is 0 Å². The number of aromatic nitrogens is 1. The zero-order chi connectivity index (χ0) is 17.4. The molecule has 2 aliphatic carbocycles. The van der Waals surface area contributed by atoms with E-state index in [1.807, 2.05) is 4.68 Å². The molecule has 1 fully saturated rings. The first-order valence-electron chi connectivity index (χ1n) is 8.83. The van der Waals surface area contributed by atoms with Gasteiger partial charge in [0.05, 0.1) is 5.69 Å². The summed E-state index contributed by atoms with van der Waals surface area (Å²) in [6.07, 6.45) is 9.44. The van der Waals surface area contributed by atoms with Crippen molar-refractivity contribution in [3.8, 4) is 11.3 Å². The van der Waals surface area contributed by atoms with Crippen LogP contribution in [0.5, 0.6) is 0 Å². The topological polar surface area (TPSA) is 29.6 Å². The molecule has 0 N–H and O–H groups in total. The number of fused-ring (bicyclic) bond motifs is 2. The predicted octanol–water partition coefficient (Wildman–Crippen LogP) is 5.33. The number of hydrogen-bond donors (Lipinski definition) is 0. The molecule has 0 aliphatic heterocycles. The van der Waals surface area contributed by atoms with Gasteiger partial charge < -0.3 is 0 Å². The fourth-order valence-electron chi connectivity index (χ4n) is 3.69. The molecule has 1 saturated carbocycles. The van der Waals surface area contributed by atoms with E-state index in [9.17, 15) is 0 Å². The second-order valence-electron chi connectivity index (χ2n) is 7.15. The van der Waals surface area contributed by atoms with Crippen LogP contribution in [0.15, 0.2) is 56.4 Å². The number of halogens is 1. The Morgan fingerprint density at radius 3 is 2.64 bits per heavy atom. The molecular weight excluding hydrogens is 394 g/mol. The van der Waals surface area contributed by atoms with E-state index >= 15 is 0 Å². The first kappa shape index (κ1) is 17.0. The molecule has 130 valence electrons. The van der Waals surface area contributed by atoms with Gasteiger partial charge in [-0.1, -0.05) is 40.2 Å². The number of hydrogen-bond acceptors (Lipinski definition) is 3. The lowest BCUT2D eigenvalue weighted by Gasteiger charge is -2.12. The molecule has 1 aromatic heterocycles. The highest BCUT2D eigenvalue weighted by molar-refractivity contribution is 9.10. The predicted molar refractivity (Wildman–Crippen MR) is 109 cm³/mol. The van der Waals surface area contributed by atoms with E-state index in [2.05, 4.69) is 77.8 Å². The summed E-state index contributed by atoms with van der Waals surface area (Å²) in [4.78, 5) is 5.72. The van der Waals surface area contributed by atoms with Crippen molar-refractivity contribution in [1.29, 1.82) is 0 Å². The van der Waals surface area contributed by atoms with Gasteiger partial charge in [-0.15, -0.1) is 11.3 Å². The van der Waals surface area contributed by atoms with Gasteiger partial charge in [-0.05, 0) is 50.7 Å². The average Bonchev–Trinajstić information content (AvgIpc) is 3.29. The van der Waals surface area contributed by atoms with Gasteiger partial charge in [0.25, 0.3) is 0 Å². The fraction of sp³-hybridized carbons (Fsp3) is 0.400. The van der Waals surface area contributed by atoms with E-state index < -0.39 is 0 Å². The van der Waals surface area contributed by atoms with Crippen molar-refractivity contribution >= 4 is 33.5 Å². The van der Waals surface area contributed by atoms with Crippen LogP contribution in [-0.2, 0) is 0 Å². The zero-order valence-corrected chi connectivity index (χ0v) is 16.9. The summed E-state index contributed by atoms with van der Waals surface area (Å²) < 4.78 is 3.10. The molecule has 0 radical (unpaired) electrons. The molecule has 5 heteroatoms. The quantitative estimate of drug-likeness (QED) is 0.476. The molecule has 0 amide bonds. The lowest BCUT2D eigenvalue weighted by atomic mass is 9.95. The van der Waals surface area contributed by atoms with Crippen LogP contribution in [0.3, 0.4) is 0 Å². The molecule has 3 unspecified atom stereocenters. The fourth-order valence-corrected chi connectivity index (χ4v) is 4.92. The van der Waals surface area contributed by atoms with E-state index in [1.54, 1.807) is 11.3 Å². The normalized spacial score (nSPS) is 25.8. The second-order valence-corrected chi connectivity index (χ2v) is 8.91. The summed E-state index contributed by atoms with van der Waals surface area (Å²) in [5, 5.41) is 7.04. The Morgan fingerprint density at radius 2 is 2.00 bits per heavy atom. The molecule has 3 atom stereocenters. The molecule has 2 bridgehead atoms. The van der Waals surface area contributed by atoms with Crippen molar-refractivity contribution in [3.05, 3.63) is 51.1 Å². The molecular formula is C20H22BrN3S. The largest absolute Gasteiger partial charge is 0.255 e. The van der Waals surface area contributed by atoms with Gasteiger partial charge in [-0.25, -0.2) is 4.68 Å². The maximum atomic E-state index is 4.88. The third kappa shape index (κ3) is 3.58. The first-order chi connectivity index (χ1) is 12.1. The van der Waals surface area contributed by atoms with Crippen molar-refractivity contribution in [2.45, 2.75) is 32.7 Å². The van der Waals surface area contributed by atoms with Crippen LogP contribution in [0.1, 0.15) is 26.7 Å². The van der Waals surface area contributed by atoms with Crippen LogP contribution in [0.25, 0.3) is 11.3 Å². The summed E-state index contributed by atoms with van der Waals surface area (Å²) in [5.41, 5.74) is 2.27. The van der Waals surface area contributed by atoms with Gasteiger partial charge in [0, 0.05) is 33.6 Å². The van der Waals surface area contributed by atoms with E-state index in [4.69, 9.17) is 10.1 Å². The average molecular weight is 416 g/mol. The maximum Gasteiger partial charge on any atom is 0.206 e. The van der Waals surface area contributed by atoms with Crippen molar-refractivity contribution in [2.75, 3.05) is 0 Å². The number of rotatable bonds is 4. The van der Waals surface area contributed by atoms with Crippen LogP contribution in [0, 0.1) is 17.8 Å². The van der Waals surface area contributed by atoms with E-state index in [0.717, 1.165) is 26.4 Å². The minimum atomic E-state index is 0.253. The van der Waals surface area contributed by atoms with Gasteiger partial charge in [0.2, 0.25) is 4.80 Å². The third-order valence-corrected chi connectivity index (χ3v) is 6.26. The van der Waals surface area contributed by atoms with Gasteiger partial charge in [-0.2, -0.15) is 5.10 Å². The van der Waals surface area contributed by atoms with Crippen LogP contribution in [0.2, 0.25) is 0 Å². The maximum absolute atomic E-state index is 4.88. The molecule has 2 aromatic rings. The number of benzene rings is 1. The van der Waals surface area contributed by atoms with E-state index in [-0.39, 0.29) is 6.04 Å². The summed E-state index contributed by atoms with van der Waals surface area (Å²) >= 11 is 5.17. The lowest BCUT2D eigenvalue weighted by molar-refractivity contribution is 0.589. The lowest BCUT2D eigenvalue weighted by Crippen LogP contribution is -2.16. The van der Waals surface area contributed by atoms with Gasteiger partial charge in [0.1, 0.15) is 0 Å². The summed E-state index contributed by atoms with van der Waals surface area (Å²) in [7, 11) is 0. The zero-order valence-electron chi connectivity index (χ0n) is 14.5. The Hall–Kier alpha value is -1.46. The molecule has 1 heterocycles. The molecule has 1 aromatic carbocycles. The van der Waals surface area contributed by atoms with Gasteiger partial charge in [-0.3, -0.25) is 4.99 Å². The van der Waals surface area contributed by atoms with Gasteiger partial charge >= 0.3 is 0 Å². The Kier molecular flexibility index (Phi) is 4.78. The highest BCUT2D eigenvalue weighted by Gasteiger charge is 2.34. The van der Waals surface area contributed by atoms with Gasteiger partial charge in [0.15, 0.2) is 0 Å². The van der Waals surface area contributed by atoms with E-state index in [0.29, 0.717) is 11.8 Å². The van der Waals surface area contributed by atoms with Crippen LogP contribution in [-0.4, -0.2) is 16.9 Å². The number of thiazole rings is 1.